The number of methoxy groups -OCH3 is 1. The Hall–Kier alpha value is -1.16. The molecule has 0 spiro atoms. The van der Waals surface area contributed by atoms with Crippen LogP contribution < -0.4 is 5.73 Å². The third-order valence-corrected chi connectivity index (χ3v) is 5.52. The number of nitrogens with two attached hydrogens (primary N) is 1. The van der Waals surface area contributed by atoms with E-state index in [0.29, 0.717) is 4.47 Å². The monoisotopic (exact) mass is 378 g/mol. The van der Waals surface area contributed by atoms with Crippen LogP contribution in [0.5, 0.6) is 0 Å². The fraction of sp³-hybridized carbons (Fsp3) is 0.417. The lowest BCUT2D eigenvalue weighted by molar-refractivity contribution is -0.157. The molecule has 0 radical (unpaired) electrons. The molecule has 1 aliphatic rings. The highest BCUT2D eigenvalue weighted by molar-refractivity contribution is 9.10. The van der Waals surface area contributed by atoms with Crippen LogP contribution in [0, 0.1) is 0 Å². The molecule has 1 unspecified atom stereocenters. The topological polar surface area (TPSA) is 98.9 Å². The molecule has 1 aromatic rings. The molecule has 1 heterocycles. The van der Waals surface area contributed by atoms with E-state index in [9.17, 15) is 13.2 Å². The van der Waals surface area contributed by atoms with Crippen LogP contribution in [0.3, 0.4) is 0 Å². The molecule has 1 atom stereocenters. The molecule has 21 heavy (non-hydrogen) atoms. The Kier molecular flexibility index (Phi) is 4.87. The van der Waals surface area contributed by atoms with Crippen molar-refractivity contribution in [2.45, 2.75) is 11.0 Å². The summed E-state index contributed by atoms with van der Waals surface area (Å²) in [4.78, 5) is 11.5. The van der Waals surface area contributed by atoms with Gasteiger partial charge in [-0.1, -0.05) is 15.9 Å². The maximum atomic E-state index is 12.6. The molecule has 1 saturated heterocycles. The first-order valence-electron chi connectivity index (χ1n) is 6.11. The van der Waals surface area contributed by atoms with Crippen LogP contribution in [-0.4, -0.2) is 51.6 Å². The van der Waals surface area contributed by atoms with Crippen molar-refractivity contribution >= 4 is 37.6 Å². The first-order chi connectivity index (χ1) is 9.86. The van der Waals surface area contributed by atoms with E-state index in [0.717, 1.165) is 0 Å². The van der Waals surface area contributed by atoms with E-state index >= 15 is 0 Å². The van der Waals surface area contributed by atoms with Crippen molar-refractivity contribution < 1.29 is 22.7 Å². The number of carbonyl (C=O) groups excluding carboxylic acids is 1. The summed E-state index contributed by atoms with van der Waals surface area (Å²) in [6.45, 7) is 0.186. The number of sulfonamides is 1. The van der Waals surface area contributed by atoms with Crippen molar-refractivity contribution in [1.29, 1.82) is 0 Å². The van der Waals surface area contributed by atoms with Gasteiger partial charge in [0, 0.05) is 11.0 Å². The van der Waals surface area contributed by atoms with Gasteiger partial charge in [-0.25, -0.2) is 13.2 Å². The molecular formula is C12H15BrN2O5S. The van der Waals surface area contributed by atoms with Crippen LogP contribution in [0.15, 0.2) is 27.6 Å². The summed E-state index contributed by atoms with van der Waals surface area (Å²) < 4.78 is 36.9. The van der Waals surface area contributed by atoms with Crippen molar-refractivity contribution in [3.8, 4) is 0 Å². The number of halogens is 1. The number of hydrogen-bond donors (Lipinski definition) is 1. The van der Waals surface area contributed by atoms with E-state index in [1.807, 2.05) is 0 Å². The molecule has 1 aromatic carbocycles. The number of carbonyl (C=O) groups is 1. The van der Waals surface area contributed by atoms with Gasteiger partial charge in [-0.15, -0.1) is 0 Å². The number of ether oxygens (including phenoxy) is 2. The minimum absolute atomic E-state index is 0.0104. The Morgan fingerprint density at radius 2 is 2.24 bits per heavy atom. The number of esters is 1. The van der Waals surface area contributed by atoms with Crippen LogP contribution >= 0.6 is 15.9 Å². The molecule has 0 amide bonds. The van der Waals surface area contributed by atoms with Gasteiger partial charge in [0.2, 0.25) is 10.0 Å². The normalized spacial score (nSPS) is 20.2. The summed E-state index contributed by atoms with van der Waals surface area (Å²) in [5.74, 6) is -0.598. The van der Waals surface area contributed by atoms with Gasteiger partial charge >= 0.3 is 5.97 Å². The number of benzene rings is 1. The highest BCUT2D eigenvalue weighted by Gasteiger charge is 2.35. The van der Waals surface area contributed by atoms with Crippen LogP contribution in [0.2, 0.25) is 0 Å². The smallest absolute Gasteiger partial charge is 0.336 e. The minimum atomic E-state index is -3.78. The molecular weight excluding hydrogens is 364 g/mol. The second-order valence-electron chi connectivity index (χ2n) is 4.43. The van der Waals surface area contributed by atoms with E-state index < -0.39 is 22.1 Å². The summed E-state index contributed by atoms with van der Waals surface area (Å²) in [6, 6.07) is 4.55. The van der Waals surface area contributed by atoms with Crippen molar-refractivity contribution in [1.82, 2.24) is 4.31 Å². The van der Waals surface area contributed by atoms with Gasteiger partial charge in [0.25, 0.3) is 0 Å². The summed E-state index contributed by atoms with van der Waals surface area (Å²) in [5, 5.41) is 0. The second-order valence-corrected chi connectivity index (χ2v) is 7.25. The Balaban J connectivity index is 2.28. The maximum absolute atomic E-state index is 12.6. The van der Waals surface area contributed by atoms with Gasteiger partial charge in [-0.2, -0.15) is 4.31 Å². The zero-order valence-electron chi connectivity index (χ0n) is 11.3. The fourth-order valence-electron chi connectivity index (χ4n) is 2.01. The SMILES string of the molecule is COC(=O)C1CN(S(=O)(=O)c2ccc(Br)cc2N)CCO1. The van der Waals surface area contributed by atoms with E-state index in [2.05, 4.69) is 20.7 Å². The van der Waals surface area contributed by atoms with Gasteiger partial charge in [-0.3, -0.25) is 0 Å². The minimum Gasteiger partial charge on any atom is -0.467 e. The molecule has 2 N–H and O–H groups in total. The van der Waals surface area contributed by atoms with Crippen molar-refractivity contribution in [2.75, 3.05) is 32.5 Å². The van der Waals surface area contributed by atoms with E-state index in [1.165, 1.54) is 23.5 Å². The van der Waals surface area contributed by atoms with Gasteiger partial charge in [0.15, 0.2) is 6.10 Å². The lowest BCUT2D eigenvalue weighted by Crippen LogP contribution is -2.48. The number of rotatable bonds is 3. The standard InChI is InChI=1S/C12H15BrN2O5S/c1-19-12(16)10-7-15(4-5-20-10)21(17,18)11-3-2-8(13)6-9(11)14/h2-3,6,10H,4-5,7,14H2,1H3. The average molecular weight is 379 g/mol. The quantitative estimate of drug-likeness (QED) is 0.610. The van der Waals surface area contributed by atoms with E-state index in [-0.39, 0.29) is 30.3 Å². The molecule has 1 fully saturated rings. The van der Waals surface area contributed by atoms with Crippen LogP contribution in [0.4, 0.5) is 5.69 Å². The Labute approximate surface area is 131 Å². The molecule has 1 aliphatic heterocycles. The first-order valence-corrected chi connectivity index (χ1v) is 8.34. The number of nitrogen functional groups attached to an aromatic ring is 1. The van der Waals surface area contributed by atoms with Crippen molar-refractivity contribution in [3.63, 3.8) is 0 Å². The van der Waals surface area contributed by atoms with Gasteiger partial charge < -0.3 is 15.2 Å². The van der Waals surface area contributed by atoms with Crippen molar-refractivity contribution in [3.05, 3.63) is 22.7 Å². The summed E-state index contributed by atoms with van der Waals surface area (Å²) in [5.41, 5.74) is 5.92. The third kappa shape index (κ3) is 3.37. The predicted molar refractivity (Wildman–Crippen MR) is 79.1 cm³/mol. The number of nitrogens with zero attached hydrogens (tertiary/aromatic N) is 1. The molecule has 2 rings (SSSR count). The molecule has 0 bridgehead atoms. The lowest BCUT2D eigenvalue weighted by atomic mass is 10.3. The predicted octanol–water partition coefficient (Wildman–Crippen LogP) is 0.594. The molecule has 116 valence electrons. The second kappa shape index (κ2) is 6.30. The maximum Gasteiger partial charge on any atom is 0.336 e. The average Bonchev–Trinajstić information content (AvgIpc) is 2.46. The fourth-order valence-corrected chi connectivity index (χ4v) is 3.91. The number of anilines is 1. The Morgan fingerprint density at radius 3 is 2.86 bits per heavy atom. The zero-order chi connectivity index (χ0) is 15.6. The highest BCUT2D eigenvalue weighted by atomic mass is 79.9. The van der Waals surface area contributed by atoms with Crippen LogP contribution in [0.25, 0.3) is 0 Å². The molecule has 0 saturated carbocycles. The molecule has 7 nitrogen and oxygen atoms in total. The molecule has 0 aromatic heterocycles. The summed E-state index contributed by atoms with van der Waals surface area (Å²) in [7, 11) is -2.56. The molecule has 9 heteroatoms. The number of morpholine rings is 1. The first kappa shape index (κ1) is 16.2. The Bertz CT molecular complexity index is 649. The van der Waals surface area contributed by atoms with Crippen LogP contribution in [-0.2, 0) is 24.3 Å². The van der Waals surface area contributed by atoms with Gasteiger partial charge in [0.1, 0.15) is 4.90 Å². The summed E-state index contributed by atoms with van der Waals surface area (Å²) >= 11 is 3.23. The number of hydrogen-bond acceptors (Lipinski definition) is 6. The lowest BCUT2D eigenvalue weighted by Gasteiger charge is -2.30. The van der Waals surface area contributed by atoms with Gasteiger partial charge in [-0.05, 0) is 18.2 Å². The van der Waals surface area contributed by atoms with Crippen LogP contribution in [0.1, 0.15) is 0 Å². The van der Waals surface area contributed by atoms with E-state index in [4.69, 9.17) is 10.5 Å². The molecule has 0 aliphatic carbocycles. The van der Waals surface area contributed by atoms with Gasteiger partial charge in [0.05, 0.1) is 25.9 Å². The van der Waals surface area contributed by atoms with E-state index in [1.54, 1.807) is 6.07 Å². The summed E-state index contributed by atoms with van der Waals surface area (Å²) in [6.07, 6.45) is -0.921. The highest BCUT2D eigenvalue weighted by Crippen LogP contribution is 2.26. The van der Waals surface area contributed by atoms with Crippen molar-refractivity contribution in [2.24, 2.45) is 0 Å². The Morgan fingerprint density at radius 1 is 1.52 bits per heavy atom. The zero-order valence-corrected chi connectivity index (χ0v) is 13.7. The largest absolute Gasteiger partial charge is 0.467 e. The third-order valence-electron chi connectivity index (χ3n) is 3.08.